The maximum absolute atomic E-state index is 13.2. The third kappa shape index (κ3) is 4.86. The highest BCUT2D eigenvalue weighted by Gasteiger charge is 2.48. The van der Waals surface area contributed by atoms with Crippen molar-refractivity contribution in [2.24, 2.45) is 23.7 Å². The van der Waals surface area contributed by atoms with E-state index in [-0.39, 0.29) is 10.8 Å². The molecule has 7 rings (SSSR count). The standard InChI is InChI=1S/C32H36N2O3S/c1-19-10-20(2)12-29(11-19)34-38(36,37)30-18-25(5-4-21(30)3)32(35)33-28-8-6-24(7-9-28)31-26-14-22-13-23(16-26)17-27(31)15-22/h4-12,18,22-23,26-27,31,34H,13-17H2,1-3H3,(H,33,35). The normalized spacial score (nSPS) is 25.8. The third-order valence-electron chi connectivity index (χ3n) is 8.99. The zero-order valence-corrected chi connectivity index (χ0v) is 23.1. The molecule has 198 valence electrons. The molecule has 6 heteroatoms. The number of nitrogens with one attached hydrogen (secondary N) is 2. The van der Waals surface area contributed by atoms with Crippen LogP contribution in [0.5, 0.6) is 0 Å². The van der Waals surface area contributed by atoms with Crippen LogP contribution < -0.4 is 10.0 Å². The fourth-order valence-electron chi connectivity index (χ4n) is 7.74. The summed E-state index contributed by atoms with van der Waals surface area (Å²) in [5.74, 6) is 3.87. The predicted molar refractivity (Wildman–Crippen MR) is 152 cm³/mol. The van der Waals surface area contributed by atoms with Crippen LogP contribution >= 0.6 is 0 Å². The minimum absolute atomic E-state index is 0.0987. The Labute approximate surface area is 226 Å². The molecule has 4 aliphatic carbocycles. The van der Waals surface area contributed by atoms with E-state index in [2.05, 4.69) is 22.2 Å². The molecule has 3 aromatic rings. The molecule has 0 saturated heterocycles. The first kappa shape index (κ1) is 25.2. The van der Waals surface area contributed by atoms with Crippen LogP contribution in [0, 0.1) is 44.4 Å². The molecular weight excluding hydrogens is 492 g/mol. The van der Waals surface area contributed by atoms with Crippen molar-refractivity contribution in [3.05, 3.63) is 88.5 Å². The van der Waals surface area contributed by atoms with Gasteiger partial charge in [0.2, 0.25) is 0 Å². The van der Waals surface area contributed by atoms with Crippen molar-refractivity contribution in [1.29, 1.82) is 0 Å². The summed E-state index contributed by atoms with van der Waals surface area (Å²) in [6, 6.07) is 18.7. The van der Waals surface area contributed by atoms with Crippen LogP contribution in [0.2, 0.25) is 0 Å². The minimum Gasteiger partial charge on any atom is -0.322 e. The maximum Gasteiger partial charge on any atom is 0.262 e. The van der Waals surface area contributed by atoms with E-state index in [0.29, 0.717) is 22.7 Å². The first-order valence-corrected chi connectivity index (χ1v) is 15.3. The molecule has 0 unspecified atom stereocenters. The van der Waals surface area contributed by atoms with Crippen molar-refractivity contribution in [1.82, 2.24) is 0 Å². The zero-order chi connectivity index (χ0) is 26.6. The molecule has 4 fully saturated rings. The van der Waals surface area contributed by atoms with Crippen molar-refractivity contribution in [2.45, 2.75) is 63.7 Å². The fraction of sp³-hybridized carbons (Fsp3) is 0.406. The summed E-state index contributed by atoms with van der Waals surface area (Å²) >= 11 is 0. The van der Waals surface area contributed by atoms with Gasteiger partial charge in [0, 0.05) is 16.9 Å². The molecule has 0 atom stereocenters. The molecule has 1 amide bonds. The Kier molecular flexibility index (Phi) is 6.34. The topological polar surface area (TPSA) is 75.3 Å². The van der Waals surface area contributed by atoms with Crippen LogP contribution in [0.1, 0.15) is 70.6 Å². The van der Waals surface area contributed by atoms with Crippen LogP contribution in [0.15, 0.2) is 65.6 Å². The molecule has 3 aromatic carbocycles. The maximum atomic E-state index is 13.2. The van der Waals surface area contributed by atoms with E-state index in [1.54, 1.807) is 31.2 Å². The number of rotatable bonds is 6. The number of hydrogen-bond acceptors (Lipinski definition) is 3. The Hall–Kier alpha value is -3.12. The van der Waals surface area contributed by atoms with Crippen LogP contribution in [-0.4, -0.2) is 14.3 Å². The lowest BCUT2D eigenvalue weighted by Crippen LogP contribution is -2.43. The third-order valence-corrected chi connectivity index (χ3v) is 10.5. The van der Waals surface area contributed by atoms with Crippen molar-refractivity contribution >= 4 is 27.3 Å². The largest absolute Gasteiger partial charge is 0.322 e. The lowest BCUT2D eigenvalue weighted by atomic mass is 9.51. The minimum atomic E-state index is -3.86. The number of amides is 1. The van der Waals surface area contributed by atoms with Crippen molar-refractivity contribution in [3.63, 3.8) is 0 Å². The lowest BCUT2D eigenvalue weighted by molar-refractivity contribution is -0.00277. The van der Waals surface area contributed by atoms with Crippen LogP contribution in [0.3, 0.4) is 0 Å². The number of sulfonamides is 1. The summed E-state index contributed by atoms with van der Waals surface area (Å²) in [6.45, 7) is 5.59. The van der Waals surface area contributed by atoms with E-state index in [9.17, 15) is 13.2 Å². The van der Waals surface area contributed by atoms with Gasteiger partial charge in [0.05, 0.1) is 4.90 Å². The monoisotopic (exact) mass is 528 g/mol. The van der Waals surface area contributed by atoms with Crippen molar-refractivity contribution < 1.29 is 13.2 Å². The van der Waals surface area contributed by atoms with Gasteiger partial charge in [0.1, 0.15) is 0 Å². The molecule has 0 heterocycles. The average molecular weight is 529 g/mol. The Morgan fingerprint density at radius 2 is 1.34 bits per heavy atom. The van der Waals surface area contributed by atoms with Crippen LogP contribution in [0.25, 0.3) is 0 Å². The summed E-state index contributed by atoms with van der Waals surface area (Å²) in [6.07, 6.45) is 6.98. The number of aryl methyl sites for hydroxylation is 3. The van der Waals surface area contributed by atoms with Gasteiger partial charge < -0.3 is 5.32 Å². The lowest BCUT2D eigenvalue weighted by Gasteiger charge is -2.54. The van der Waals surface area contributed by atoms with Crippen LogP contribution in [0.4, 0.5) is 11.4 Å². The van der Waals surface area contributed by atoms with E-state index in [0.717, 1.165) is 40.5 Å². The fourth-order valence-corrected chi connectivity index (χ4v) is 9.05. The second-order valence-corrected chi connectivity index (χ2v) is 13.6. The summed E-state index contributed by atoms with van der Waals surface area (Å²) < 4.78 is 29.1. The summed E-state index contributed by atoms with van der Waals surface area (Å²) in [5, 5.41) is 2.96. The molecular formula is C32H36N2O3S. The average Bonchev–Trinajstić information content (AvgIpc) is 2.83. The van der Waals surface area contributed by atoms with Crippen molar-refractivity contribution in [2.75, 3.05) is 10.0 Å². The number of benzene rings is 3. The van der Waals surface area contributed by atoms with Gasteiger partial charge in [-0.1, -0.05) is 24.3 Å². The summed E-state index contributed by atoms with van der Waals surface area (Å²) in [5.41, 5.74) is 5.47. The van der Waals surface area contributed by atoms with Gasteiger partial charge in [-0.2, -0.15) is 0 Å². The van der Waals surface area contributed by atoms with Gasteiger partial charge in [0.15, 0.2) is 0 Å². The van der Waals surface area contributed by atoms with Gasteiger partial charge >= 0.3 is 0 Å². The molecule has 0 spiro atoms. The van der Waals surface area contributed by atoms with E-state index in [4.69, 9.17) is 0 Å². The van der Waals surface area contributed by atoms with Gasteiger partial charge in [-0.25, -0.2) is 8.42 Å². The Morgan fingerprint density at radius 3 is 1.95 bits per heavy atom. The van der Waals surface area contributed by atoms with E-state index in [1.165, 1.54) is 43.7 Å². The highest BCUT2D eigenvalue weighted by molar-refractivity contribution is 7.92. The van der Waals surface area contributed by atoms with E-state index < -0.39 is 10.0 Å². The Balaban J connectivity index is 1.17. The molecule has 4 saturated carbocycles. The molecule has 0 aromatic heterocycles. The second-order valence-electron chi connectivity index (χ2n) is 12.0. The number of carbonyl (C=O) groups excluding carboxylic acids is 1. The highest BCUT2D eigenvalue weighted by Crippen LogP contribution is 2.59. The molecule has 0 radical (unpaired) electrons. The summed E-state index contributed by atoms with van der Waals surface area (Å²) in [4.78, 5) is 13.2. The summed E-state index contributed by atoms with van der Waals surface area (Å²) in [7, 11) is -3.86. The predicted octanol–water partition coefficient (Wildman–Crippen LogP) is 7.20. The van der Waals surface area contributed by atoms with Gasteiger partial charge in [-0.05, 0) is 141 Å². The smallest absolute Gasteiger partial charge is 0.262 e. The highest BCUT2D eigenvalue weighted by atomic mass is 32.2. The van der Waals surface area contributed by atoms with Crippen LogP contribution in [-0.2, 0) is 10.0 Å². The molecule has 38 heavy (non-hydrogen) atoms. The molecule has 5 nitrogen and oxygen atoms in total. The van der Waals surface area contributed by atoms with E-state index in [1.807, 2.05) is 32.0 Å². The molecule has 0 aliphatic heterocycles. The zero-order valence-electron chi connectivity index (χ0n) is 22.3. The van der Waals surface area contributed by atoms with E-state index >= 15 is 0 Å². The number of hydrogen-bond donors (Lipinski definition) is 2. The quantitative estimate of drug-likeness (QED) is 0.355. The molecule has 2 N–H and O–H groups in total. The number of anilines is 2. The Bertz CT molecular complexity index is 1450. The van der Waals surface area contributed by atoms with Gasteiger partial charge in [-0.3, -0.25) is 9.52 Å². The first-order valence-electron chi connectivity index (χ1n) is 13.8. The second kappa shape index (κ2) is 9.57. The molecule has 4 bridgehead atoms. The van der Waals surface area contributed by atoms with Gasteiger partial charge in [0.25, 0.3) is 15.9 Å². The first-order chi connectivity index (χ1) is 18.1. The Morgan fingerprint density at radius 1 is 0.737 bits per heavy atom. The molecule has 4 aliphatic rings. The number of carbonyl (C=O) groups is 1. The SMILES string of the molecule is Cc1cc(C)cc(NS(=O)(=O)c2cc(C(=O)Nc3ccc(C4C5CC6CC(C5)CC4C6)cc3)ccc2C)c1. The van der Waals surface area contributed by atoms with Crippen molar-refractivity contribution in [3.8, 4) is 0 Å². The van der Waals surface area contributed by atoms with Gasteiger partial charge in [-0.15, -0.1) is 0 Å².